The number of nitrogens with zero attached hydrogens (tertiary/aromatic N) is 2. The Morgan fingerprint density at radius 3 is 2.43 bits per heavy atom. The molecule has 0 aliphatic heterocycles. The van der Waals surface area contributed by atoms with Crippen molar-refractivity contribution in [3.8, 4) is 0 Å². The minimum absolute atomic E-state index is 0.0296. The van der Waals surface area contributed by atoms with Crippen molar-refractivity contribution < 1.29 is 18.7 Å². The molecule has 1 aliphatic rings. The second-order valence-electron chi connectivity index (χ2n) is 10.9. The fraction of sp³-hybridized carbons (Fsp3) is 0.464. The Morgan fingerprint density at radius 2 is 1.81 bits per heavy atom. The summed E-state index contributed by atoms with van der Waals surface area (Å²) in [6.07, 6.45) is 2.88. The van der Waals surface area contributed by atoms with Crippen molar-refractivity contribution in [3.05, 3.63) is 77.1 Å². The number of aliphatic hydroxyl groups is 1. The van der Waals surface area contributed by atoms with Gasteiger partial charge in [0.1, 0.15) is 23.7 Å². The van der Waals surface area contributed by atoms with Gasteiger partial charge in [0.05, 0.1) is 12.1 Å². The molecule has 0 spiro atoms. The highest BCUT2D eigenvalue weighted by Gasteiger charge is 2.37. The number of anilines is 1. The molecule has 4 rings (SSSR count). The topological polar surface area (TPSA) is 87.1 Å². The van der Waals surface area contributed by atoms with Crippen molar-refractivity contribution in [1.82, 2.24) is 14.7 Å². The second-order valence-corrected chi connectivity index (χ2v) is 11.7. The van der Waals surface area contributed by atoms with Crippen LogP contribution in [0.5, 0.6) is 0 Å². The van der Waals surface area contributed by atoms with Crippen molar-refractivity contribution in [2.75, 3.05) is 11.9 Å². The van der Waals surface area contributed by atoms with Crippen molar-refractivity contribution >= 4 is 22.4 Å². The number of rotatable bonds is 9. The van der Waals surface area contributed by atoms with E-state index in [-0.39, 0.29) is 24.2 Å². The van der Waals surface area contributed by atoms with Crippen LogP contribution in [0.1, 0.15) is 63.1 Å². The minimum atomic E-state index is -0.921. The molecule has 0 amide bonds. The zero-order valence-electron chi connectivity index (χ0n) is 21.4. The quantitative estimate of drug-likeness (QED) is 0.357. The summed E-state index contributed by atoms with van der Waals surface area (Å²) in [4.78, 5) is 16.3. The lowest BCUT2D eigenvalue weighted by molar-refractivity contribution is -0.121. The number of hydrogen-bond acceptors (Lipinski definition) is 7. The number of hydrogen-bond donors (Lipinski definition) is 3. The van der Waals surface area contributed by atoms with Crippen LogP contribution >= 0.6 is 11.5 Å². The number of nitrogens with one attached hydrogen (secondary N) is 2. The lowest BCUT2D eigenvalue weighted by atomic mass is 9.74. The van der Waals surface area contributed by atoms with Crippen LogP contribution in [-0.2, 0) is 22.2 Å². The predicted octanol–water partition coefficient (Wildman–Crippen LogP) is 5.13. The van der Waals surface area contributed by atoms with E-state index >= 15 is 0 Å². The third-order valence-electron chi connectivity index (χ3n) is 7.10. The lowest BCUT2D eigenvalue weighted by Crippen LogP contribution is -2.51. The van der Waals surface area contributed by atoms with Gasteiger partial charge in [0.2, 0.25) is 5.13 Å². The van der Waals surface area contributed by atoms with E-state index in [0.717, 1.165) is 23.2 Å². The SMILES string of the molecule is CC(C)(C)c1cccc(C2(NCC(O)C(Cc3cc(F)cc(F)c3)Nc3ncns3)CCC(=O)CC2)c1. The Hall–Kier alpha value is -2.75. The van der Waals surface area contributed by atoms with Gasteiger partial charge in [0.15, 0.2) is 0 Å². The number of Topliss-reactive ketones (excluding diaryl/α,β-unsaturated/α-hetero) is 1. The van der Waals surface area contributed by atoms with E-state index < -0.39 is 29.3 Å². The van der Waals surface area contributed by atoms with E-state index in [9.17, 15) is 18.7 Å². The molecule has 1 fully saturated rings. The van der Waals surface area contributed by atoms with E-state index in [1.165, 1.54) is 24.0 Å². The molecule has 198 valence electrons. The second kappa shape index (κ2) is 11.3. The summed E-state index contributed by atoms with van der Waals surface area (Å²) in [6, 6.07) is 11.2. The fourth-order valence-corrected chi connectivity index (χ4v) is 5.40. The smallest absolute Gasteiger partial charge is 0.202 e. The van der Waals surface area contributed by atoms with Crippen molar-refractivity contribution in [3.63, 3.8) is 0 Å². The monoisotopic (exact) mass is 528 g/mol. The maximum absolute atomic E-state index is 13.9. The summed E-state index contributed by atoms with van der Waals surface area (Å²) in [6.45, 7) is 6.71. The molecule has 0 saturated heterocycles. The number of aliphatic hydroxyl groups excluding tert-OH is 1. The highest BCUT2D eigenvalue weighted by atomic mass is 32.1. The highest BCUT2D eigenvalue weighted by Crippen LogP contribution is 2.38. The molecule has 9 heteroatoms. The van der Waals surface area contributed by atoms with Gasteiger partial charge in [-0.05, 0) is 53.5 Å². The lowest BCUT2D eigenvalue weighted by Gasteiger charge is -2.40. The molecule has 0 bridgehead atoms. The number of carbonyl (C=O) groups excluding carboxylic acids is 1. The molecule has 0 radical (unpaired) electrons. The van der Waals surface area contributed by atoms with E-state index in [2.05, 4.69) is 59.0 Å². The van der Waals surface area contributed by atoms with E-state index in [1.807, 2.05) is 6.07 Å². The fourth-order valence-electron chi connectivity index (χ4n) is 4.91. The van der Waals surface area contributed by atoms with Gasteiger partial charge in [-0.25, -0.2) is 13.8 Å². The van der Waals surface area contributed by atoms with E-state index in [4.69, 9.17) is 0 Å². The number of benzene rings is 2. The molecule has 2 atom stereocenters. The van der Waals surface area contributed by atoms with Gasteiger partial charge < -0.3 is 15.7 Å². The molecule has 2 aromatic carbocycles. The van der Waals surface area contributed by atoms with E-state index in [1.54, 1.807) is 0 Å². The average Bonchev–Trinajstić information content (AvgIpc) is 3.35. The third kappa shape index (κ3) is 6.97. The average molecular weight is 529 g/mol. The first-order valence-electron chi connectivity index (χ1n) is 12.6. The molecule has 1 aliphatic carbocycles. The standard InChI is InChI=1S/C28H34F2N4O2S/c1-27(2,3)19-5-4-6-20(14-19)28(9-7-23(35)8-10-28)32-16-25(36)24(34-26-31-17-33-37-26)13-18-11-21(29)15-22(30)12-18/h4-6,11-12,14-15,17,24-25,32,36H,7-10,13,16H2,1-3H3,(H,31,33,34). The normalized spacial score (nSPS) is 17.4. The van der Waals surface area contributed by atoms with Gasteiger partial charge in [-0.15, -0.1) is 0 Å². The van der Waals surface area contributed by atoms with Gasteiger partial charge in [-0.3, -0.25) is 4.79 Å². The van der Waals surface area contributed by atoms with Crippen LogP contribution < -0.4 is 10.6 Å². The first-order chi connectivity index (χ1) is 17.5. The third-order valence-corrected chi connectivity index (χ3v) is 7.70. The van der Waals surface area contributed by atoms with Gasteiger partial charge in [-0.2, -0.15) is 4.37 Å². The maximum atomic E-state index is 13.9. The summed E-state index contributed by atoms with van der Waals surface area (Å²) in [5, 5.41) is 18.6. The Balaban J connectivity index is 1.57. The molecule has 6 nitrogen and oxygen atoms in total. The van der Waals surface area contributed by atoms with Crippen molar-refractivity contribution in [2.24, 2.45) is 0 Å². The molecule has 1 saturated carbocycles. The molecule has 3 N–H and O–H groups in total. The number of ketones is 1. The maximum Gasteiger partial charge on any atom is 0.202 e. The molecular weight excluding hydrogens is 494 g/mol. The molecule has 3 aromatic rings. The number of aromatic nitrogens is 2. The Labute approximate surface area is 220 Å². The highest BCUT2D eigenvalue weighted by molar-refractivity contribution is 7.09. The van der Waals surface area contributed by atoms with Crippen LogP contribution in [0.25, 0.3) is 0 Å². The Kier molecular flexibility index (Phi) is 8.36. The Bertz CT molecular complexity index is 1180. The van der Waals surface area contributed by atoms with E-state index in [0.29, 0.717) is 36.4 Å². The van der Waals surface area contributed by atoms with Gasteiger partial charge in [0.25, 0.3) is 0 Å². The molecule has 1 heterocycles. The summed E-state index contributed by atoms with van der Waals surface area (Å²) >= 11 is 1.14. The first kappa shape index (κ1) is 27.3. The molecule has 1 aromatic heterocycles. The summed E-state index contributed by atoms with van der Waals surface area (Å²) < 4.78 is 31.7. The molecular formula is C28H34F2N4O2S. The van der Waals surface area contributed by atoms with Crippen LogP contribution in [0.3, 0.4) is 0 Å². The van der Waals surface area contributed by atoms with Gasteiger partial charge >= 0.3 is 0 Å². The zero-order valence-corrected chi connectivity index (χ0v) is 22.2. The molecule has 2 unspecified atom stereocenters. The van der Waals surface area contributed by atoms with Crippen LogP contribution in [0.15, 0.2) is 48.8 Å². The van der Waals surface area contributed by atoms with Gasteiger partial charge in [-0.1, -0.05) is 45.0 Å². The van der Waals surface area contributed by atoms with Crippen molar-refractivity contribution in [2.45, 2.75) is 76.0 Å². The largest absolute Gasteiger partial charge is 0.390 e. The first-order valence-corrected chi connectivity index (χ1v) is 13.4. The Morgan fingerprint density at radius 1 is 1.11 bits per heavy atom. The van der Waals surface area contributed by atoms with Crippen LogP contribution in [0.2, 0.25) is 0 Å². The number of halogens is 2. The number of carbonyl (C=O) groups is 1. The summed E-state index contributed by atoms with van der Waals surface area (Å²) in [5.74, 6) is -1.09. The van der Waals surface area contributed by atoms with Crippen LogP contribution in [-0.4, -0.2) is 38.9 Å². The van der Waals surface area contributed by atoms with Crippen LogP contribution in [0.4, 0.5) is 13.9 Å². The van der Waals surface area contributed by atoms with Crippen molar-refractivity contribution in [1.29, 1.82) is 0 Å². The predicted molar refractivity (Wildman–Crippen MR) is 142 cm³/mol. The minimum Gasteiger partial charge on any atom is -0.390 e. The summed E-state index contributed by atoms with van der Waals surface area (Å²) in [5.41, 5.74) is 2.23. The summed E-state index contributed by atoms with van der Waals surface area (Å²) in [7, 11) is 0. The zero-order chi connectivity index (χ0) is 26.6. The molecule has 37 heavy (non-hydrogen) atoms. The van der Waals surface area contributed by atoms with Crippen LogP contribution in [0, 0.1) is 11.6 Å². The van der Waals surface area contributed by atoms with Gasteiger partial charge in [0, 0.05) is 42.5 Å².